The highest BCUT2D eigenvalue weighted by Crippen LogP contribution is 2.56. The van der Waals surface area contributed by atoms with Crippen molar-refractivity contribution in [2.45, 2.75) is 50.2 Å². The monoisotopic (exact) mass is 486 g/mol. The van der Waals surface area contributed by atoms with E-state index in [4.69, 9.17) is 15.1 Å². The van der Waals surface area contributed by atoms with Gasteiger partial charge in [0.1, 0.15) is 0 Å². The van der Waals surface area contributed by atoms with Crippen LogP contribution in [0, 0.1) is 5.41 Å². The quantitative estimate of drug-likeness (QED) is 0.543. The Labute approximate surface area is 189 Å². The van der Waals surface area contributed by atoms with E-state index in [-0.39, 0.29) is 10.2 Å². The average molecular weight is 487 g/mol. The van der Waals surface area contributed by atoms with Crippen molar-refractivity contribution in [3.63, 3.8) is 0 Å². The smallest absolute Gasteiger partial charge is 0.211 e. The molecule has 0 aromatic carbocycles. The maximum atomic E-state index is 6.05. The molecule has 4 heterocycles. The van der Waals surface area contributed by atoms with Crippen LogP contribution in [0.2, 0.25) is 0 Å². The van der Waals surface area contributed by atoms with Gasteiger partial charge in [0.15, 0.2) is 5.65 Å². The van der Waals surface area contributed by atoms with E-state index in [2.05, 4.69) is 56.2 Å². The van der Waals surface area contributed by atoms with Crippen LogP contribution in [-0.2, 0) is 6.42 Å². The van der Waals surface area contributed by atoms with Crippen molar-refractivity contribution in [2.24, 2.45) is 10.6 Å². The highest BCUT2D eigenvalue weighted by Gasteiger charge is 2.49. The maximum absolute atomic E-state index is 6.05. The summed E-state index contributed by atoms with van der Waals surface area (Å²) in [5.74, 6) is 1.48. The fourth-order valence-corrected chi connectivity index (χ4v) is 6.01. The number of aromatic nitrogens is 4. The van der Waals surface area contributed by atoms with Gasteiger partial charge in [-0.1, -0.05) is 18.0 Å². The zero-order chi connectivity index (χ0) is 20.9. The number of halogens is 1. The molecule has 0 bridgehead atoms. The first-order chi connectivity index (χ1) is 14.4. The third-order valence-electron chi connectivity index (χ3n) is 6.98. The van der Waals surface area contributed by atoms with E-state index in [0.717, 1.165) is 54.8 Å². The second-order valence-electron chi connectivity index (χ2n) is 9.23. The molecule has 1 atom stereocenters. The highest BCUT2D eigenvalue weighted by atomic mass is 79.9. The molecule has 2 aliphatic rings. The third kappa shape index (κ3) is 3.33. The summed E-state index contributed by atoms with van der Waals surface area (Å²) in [5.41, 5.74) is 3.89. The Bertz CT molecular complexity index is 1070. The molecule has 1 spiro atoms. The molecule has 1 aliphatic heterocycles. The van der Waals surface area contributed by atoms with Gasteiger partial charge in [0.2, 0.25) is 5.95 Å². The van der Waals surface area contributed by atoms with Gasteiger partial charge in [0.05, 0.1) is 4.47 Å². The van der Waals surface area contributed by atoms with Gasteiger partial charge in [-0.2, -0.15) is 0 Å². The molecular formula is C22H27BrN6S. The van der Waals surface area contributed by atoms with Gasteiger partial charge >= 0.3 is 0 Å². The topological polar surface area (TPSA) is 72.3 Å². The summed E-state index contributed by atoms with van der Waals surface area (Å²) in [6.45, 7) is 6.50. The Balaban J connectivity index is 1.43. The molecule has 0 radical (unpaired) electrons. The molecule has 3 aromatic heterocycles. The lowest BCUT2D eigenvalue weighted by Gasteiger charge is -2.45. The van der Waals surface area contributed by atoms with E-state index in [9.17, 15) is 0 Å². The van der Waals surface area contributed by atoms with Gasteiger partial charge < -0.3 is 4.90 Å². The summed E-state index contributed by atoms with van der Waals surface area (Å²) >= 11 is 5.04. The van der Waals surface area contributed by atoms with Crippen molar-refractivity contribution in [2.75, 3.05) is 18.0 Å². The van der Waals surface area contributed by atoms with E-state index in [1.807, 2.05) is 24.8 Å². The summed E-state index contributed by atoms with van der Waals surface area (Å²) in [5, 5.41) is 6.05. The average Bonchev–Trinajstić information content (AvgIpc) is 3.34. The Kier molecular flexibility index (Phi) is 5.07. The van der Waals surface area contributed by atoms with Crippen LogP contribution in [0.5, 0.6) is 0 Å². The van der Waals surface area contributed by atoms with Crippen LogP contribution in [0.15, 0.2) is 41.4 Å². The molecule has 30 heavy (non-hydrogen) atoms. The van der Waals surface area contributed by atoms with Crippen LogP contribution in [-0.4, -0.2) is 37.2 Å². The maximum Gasteiger partial charge on any atom is 0.211 e. The minimum Gasteiger partial charge on any atom is -0.342 e. The second-order valence-corrected chi connectivity index (χ2v) is 11.4. The number of anilines is 1. The summed E-state index contributed by atoms with van der Waals surface area (Å²) in [6.07, 6.45) is 12.0. The molecule has 0 unspecified atom stereocenters. The number of rotatable bonds is 4. The largest absolute Gasteiger partial charge is 0.342 e. The van der Waals surface area contributed by atoms with E-state index in [0.29, 0.717) is 5.92 Å². The van der Waals surface area contributed by atoms with Crippen LogP contribution in [0.3, 0.4) is 0 Å². The molecule has 1 aliphatic carbocycles. The third-order valence-corrected chi connectivity index (χ3v) is 8.34. The van der Waals surface area contributed by atoms with Crippen LogP contribution in [0.25, 0.3) is 5.65 Å². The summed E-state index contributed by atoms with van der Waals surface area (Å²) in [7, 11) is 0. The van der Waals surface area contributed by atoms with Crippen molar-refractivity contribution in [3.05, 3.63) is 52.7 Å². The van der Waals surface area contributed by atoms with Gasteiger partial charge in [-0.3, -0.25) is 14.5 Å². The lowest BCUT2D eigenvalue weighted by Crippen LogP contribution is -2.44. The molecular weight excluding hydrogens is 460 g/mol. The van der Waals surface area contributed by atoms with Crippen LogP contribution in [0.4, 0.5) is 5.95 Å². The molecule has 8 heteroatoms. The van der Waals surface area contributed by atoms with Crippen LogP contribution in [0.1, 0.15) is 50.3 Å². The SMILES string of the molecule is CC(C)(C[C@@H]1c2cccnc2CC12CCN(c1ncc(Br)c3nccn13)CC2)SN. The van der Waals surface area contributed by atoms with Gasteiger partial charge in [-0.15, -0.1) is 0 Å². The van der Waals surface area contributed by atoms with Crippen molar-refractivity contribution in [3.8, 4) is 0 Å². The number of pyridine rings is 1. The summed E-state index contributed by atoms with van der Waals surface area (Å²) in [6, 6.07) is 4.38. The molecule has 0 saturated carbocycles. The second kappa shape index (κ2) is 7.50. The summed E-state index contributed by atoms with van der Waals surface area (Å²) < 4.78 is 3.05. The molecule has 1 fully saturated rings. The molecule has 158 valence electrons. The number of nitrogens with zero attached hydrogens (tertiary/aromatic N) is 5. The number of imidazole rings is 1. The van der Waals surface area contributed by atoms with Gasteiger partial charge in [0.25, 0.3) is 0 Å². The lowest BCUT2D eigenvalue weighted by molar-refractivity contribution is 0.170. The molecule has 0 amide bonds. The fourth-order valence-electron chi connectivity index (χ4n) is 5.36. The Morgan fingerprint density at radius 2 is 2.03 bits per heavy atom. The normalized spacial score (nSPS) is 20.8. The van der Waals surface area contributed by atoms with Crippen LogP contribution >= 0.6 is 27.9 Å². The minimum absolute atomic E-state index is 0.0441. The zero-order valence-electron chi connectivity index (χ0n) is 17.4. The summed E-state index contributed by atoms with van der Waals surface area (Å²) in [4.78, 5) is 16.3. The van der Waals surface area contributed by atoms with Gasteiger partial charge in [-0.05, 0) is 78.4 Å². The lowest BCUT2D eigenvalue weighted by atomic mass is 9.67. The van der Waals surface area contributed by atoms with E-state index < -0.39 is 0 Å². The number of hydrogen-bond donors (Lipinski definition) is 1. The van der Waals surface area contributed by atoms with E-state index >= 15 is 0 Å². The van der Waals surface area contributed by atoms with Gasteiger partial charge in [0, 0.05) is 48.3 Å². The molecule has 5 rings (SSSR count). The Hall–Kier alpha value is -1.64. The highest BCUT2D eigenvalue weighted by molar-refractivity contribution is 9.10. The predicted molar refractivity (Wildman–Crippen MR) is 126 cm³/mol. The molecule has 1 saturated heterocycles. The van der Waals surface area contributed by atoms with Crippen molar-refractivity contribution >= 4 is 39.5 Å². The first kappa shape index (κ1) is 20.3. The minimum atomic E-state index is 0.0441. The zero-order valence-corrected chi connectivity index (χ0v) is 19.8. The predicted octanol–water partition coefficient (Wildman–Crippen LogP) is 4.59. The van der Waals surface area contributed by atoms with E-state index in [1.165, 1.54) is 23.2 Å². The van der Waals surface area contributed by atoms with Crippen LogP contribution < -0.4 is 10.0 Å². The van der Waals surface area contributed by atoms with Crippen molar-refractivity contribution < 1.29 is 0 Å². The number of hydrogen-bond acceptors (Lipinski definition) is 6. The van der Waals surface area contributed by atoms with Crippen molar-refractivity contribution in [1.29, 1.82) is 0 Å². The Morgan fingerprint density at radius 1 is 1.23 bits per heavy atom. The number of nitrogens with two attached hydrogens (primary N) is 1. The Morgan fingerprint density at radius 3 is 2.80 bits per heavy atom. The standard InChI is InChI=1S/C22H27BrN6S/c1-21(2,30-24)12-16-15-4-3-7-25-18(15)13-22(16)5-9-28(10-6-22)20-27-14-17(23)19-26-8-11-29(19)20/h3-4,7-8,11,14,16H,5-6,9-10,12-13,24H2,1-2H3/t16-/m1/s1. The number of piperidine rings is 1. The first-order valence-corrected chi connectivity index (χ1v) is 12.1. The van der Waals surface area contributed by atoms with Gasteiger partial charge in [-0.25, -0.2) is 9.97 Å². The first-order valence-electron chi connectivity index (χ1n) is 10.5. The number of fused-ring (bicyclic) bond motifs is 2. The molecule has 2 N–H and O–H groups in total. The molecule has 6 nitrogen and oxygen atoms in total. The molecule has 3 aromatic rings. The van der Waals surface area contributed by atoms with Crippen molar-refractivity contribution in [1.82, 2.24) is 19.4 Å². The fraction of sp³-hybridized carbons (Fsp3) is 0.500. The van der Waals surface area contributed by atoms with E-state index in [1.54, 1.807) is 0 Å².